The summed E-state index contributed by atoms with van der Waals surface area (Å²) < 4.78 is 49.0. The van der Waals surface area contributed by atoms with Gasteiger partial charge in [0, 0.05) is 11.8 Å². The van der Waals surface area contributed by atoms with Gasteiger partial charge < -0.3 is 14.2 Å². The molecule has 0 aromatic rings. The zero-order chi connectivity index (χ0) is 27.8. The van der Waals surface area contributed by atoms with Gasteiger partial charge in [-0.1, -0.05) is 5.04 Å². The second kappa shape index (κ2) is 9.52. The molecular weight excluding hydrogens is 538 g/mol. The van der Waals surface area contributed by atoms with Gasteiger partial charge in [0.2, 0.25) is 0 Å². The first-order valence-electron chi connectivity index (χ1n) is 14.0. The molecule has 8 saturated carbocycles. The third-order valence-corrected chi connectivity index (χ3v) is 11.9. The lowest BCUT2D eigenvalue weighted by Gasteiger charge is -2.62. The van der Waals surface area contributed by atoms with Crippen LogP contribution in [0.25, 0.3) is 0 Å². The summed E-state index contributed by atoms with van der Waals surface area (Å²) in [4.78, 5) is 38.6. The quantitative estimate of drug-likeness (QED) is 0.131. The van der Waals surface area contributed by atoms with Crippen LogP contribution in [0.4, 0.5) is 8.78 Å². The van der Waals surface area contributed by atoms with E-state index in [1.54, 1.807) is 6.92 Å². The van der Waals surface area contributed by atoms with E-state index in [9.17, 15) is 23.2 Å². The van der Waals surface area contributed by atoms with Crippen LogP contribution in [-0.2, 0) is 38.0 Å². The number of esters is 3. The van der Waals surface area contributed by atoms with Crippen LogP contribution in [0.3, 0.4) is 0 Å². The molecule has 8 aliphatic carbocycles. The van der Waals surface area contributed by atoms with Crippen molar-refractivity contribution in [2.24, 2.45) is 46.8 Å². The van der Waals surface area contributed by atoms with E-state index >= 15 is 0 Å². The minimum atomic E-state index is -4.09. The highest BCUT2D eigenvalue weighted by Gasteiger charge is 2.66. The Kier molecular flexibility index (Phi) is 6.75. The minimum absolute atomic E-state index is 0.182. The molecule has 8 aliphatic rings. The summed E-state index contributed by atoms with van der Waals surface area (Å²) >= 11 is -0.654. The van der Waals surface area contributed by atoms with Gasteiger partial charge in [-0.25, -0.2) is 14.8 Å². The van der Waals surface area contributed by atoms with Crippen LogP contribution in [0, 0.1) is 46.8 Å². The molecule has 0 saturated heterocycles. The number of carbonyl (C=O) groups excluding carboxylic acids is 3. The molecule has 0 heterocycles. The van der Waals surface area contributed by atoms with Gasteiger partial charge >= 0.3 is 23.2 Å². The zero-order valence-electron chi connectivity index (χ0n) is 22.2. The first-order valence-corrected chi connectivity index (χ1v) is 14.8. The van der Waals surface area contributed by atoms with Gasteiger partial charge in [0.05, 0.1) is 5.41 Å². The Hall–Kier alpha value is -1.50. The van der Waals surface area contributed by atoms with Crippen LogP contribution in [0.1, 0.15) is 78.1 Å². The molecule has 0 aromatic carbocycles. The average Bonchev–Trinajstić information content (AvgIpc) is 2.87. The predicted molar refractivity (Wildman–Crippen MR) is 130 cm³/mol. The van der Waals surface area contributed by atoms with Crippen LogP contribution >= 0.6 is 12.0 Å². The molecule has 0 aliphatic heterocycles. The summed E-state index contributed by atoms with van der Waals surface area (Å²) in [5.41, 5.74) is -2.52. The summed E-state index contributed by atoms with van der Waals surface area (Å²) in [6.07, 6.45) is 8.25. The fourth-order valence-electron chi connectivity index (χ4n) is 9.79. The molecule has 0 aromatic heterocycles. The van der Waals surface area contributed by atoms with E-state index in [1.807, 2.05) is 6.92 Å². The van der Waals surface area contributed by atoms with Crippen molar-refractivity contribution in [2.75, 3.05) is 6.61 Å². The normalized spacial score (nSPS) is 45.3. The zero-order valence-corrected chi connectivity index (χ0v) is 23.0. The van der Waals surface area contributed by atoms with Gasteiger partial charge in [0.25, 0.3) is 0 Å². The smallest absolute Gasteiger partial charge is 0.415 e. The third kappa shape index (κ3) is 4.57. The largest absolute Gasteiger partial charge is 0.456 e. The molecule has 2 unspecified atom stereocenters. The summed E-state index contributed by atoms with van der Waals surface area (Å²) in [5, 5.41) is 7.24. The number of rotatable bonds is 9. The number of ether oxygens (including phenoxy) is 3. The number of carbonyl (C=O) groups is 3. The topological polar surface area (TPSA) is 118 Å². The highest BCUT2D eigenvalue weighted by Crippen LogP contribution is 2.65. The van der Waals surface area contributed by atoms with E-state index < -0.39 is 58.4 Å². The fourth-order valence-corrected chi connectivity index (χ4v) is 10.0. The molecule has 0 radical (unpaired) electrons. The number of hydrogen-bond donors (Lipinski definition) is 1. The van der Waals surface area contributed by atoms with Crippen molar-refractivity contribution < 1.29 is 52.0 Å². The molecule has 8 rings (SSSR count). The standard InChI is InChI=1S/C27H36F2O9S/c1-24(17-4-14-3-15(6-17)7-18(24)5-14)35-21(30)13-34-22(31)26-10-16-8-19(11-26)25(2,20(9-16)12-26)36-23(32)27(28,29)39-38-37-33/h14-20,33H,3-13H2,1-2H3. The molecular formula is C27H36F2O9S. The van der Waals surface area contributed by atoms with Crippen molar-refractivity contribution in [3.8, 4) is 0 Å². The average molecular weight is 575 g/mol. The Bertz CT molecular complexity index is 991. The minimum Gasteiger partial charge on any atom is -0.456 e. The lowest BCUT2D eigenvalue weighted by molar-refractivity contribution is -0.433. The molecule has 12 heteroatoms. The van der Waals surface area contributed by atoms with Gasteiger partial charge in [-0.15, -0.1) is 4.33 Å². The van der Waals surface area contributed by atoms with Crippen molar-refractivity contribution in [1.29, 1.82) is 0 Å². The number of alkyl halides is 2. The van der Waals surface area contributed by atoms with E-state index in [1.165, 1.54) is 6.42 Å². The van der Waals surface area contributed by atoms with Crippen LogP contribution in [-0.4, -0.2) is 46.2 Å². The third-order valence-electron chi connectivity index (χ3n) is 11.4. The maximum atomic E-state index is 14.1. The Balaban J connectivity index is 1.07. The molecule has 8 fully saturated rings. The van der Waals surface area contributed by atoms with E-state index in [0.29, 0.717) is 43.9 Å². The van der Waals surface area contributed by atoms with Crippen LogP contribution in [0.15, 0.2) is 0 Å². The maximum Gasteiger partial charge on any atom is 0.415 e. The molecule has 1 N–H and O–H groups in total. The summed E-state index contributed by atoms with van der Waals surface area (Å²) in [6.45, 7) is 3.25. The van der Waals surface area contributed by atoms with Gasteiger partial charge in [-0.05, 0) is 108 Å². The summed E-state index contributed by atoms with van der Waals surface area (Å²) in [7, 11) is 0. The monoisotopic (exact) mass is 574 g/mol. The molecule has 39 heavy (non-hydrogen) atoms. The lowest BCUT2D eigenvalue weighted by Crippen LogP contribution is -2.63. The van der Waals surface area contributed by atoms with E-state index in [4.69, 9.17) is 19.5 Å². The number of hydrogen-bond acceptors (Lipinski definition) is 10. The Morgan fingerprint density at radius 2 is 1.36 bits per heavy atom. The Morgan fingerprint density at radius 1 is 0.821 bits per heavy atom. The molecule has 2 atom stereocenters. The second-order valence-electron chi connectivity index (χ2n) is 13.5. The van der Waals surface area contributed by atoms with Crippen LogP contribution < -0.4 is 0 Å². The van der Waals surface area contributed by atoms with Gasteiger partial charge in [0.15, 0.2) is 6.61 Å². The molecule has 218 valence electrons. The van der Waals surface area contributed by atoms with Crippen molar-refractivity contribution in [1.82, 2.24) is 0 Å². The first-order chi connectivity index (χ1) is 18.4. The lowest BCUT2D eigenvalue weighted by atomic mass is 9.45. The summed E-state index contributed by atoms with van der Waals surface area (Å²) in [5.74, 6) is -0.996. The molecule has 8 bridgehead atoms. The highest BCUT2D eigenvalue weighted by molar-refractivity contribution is 7.96. The van der Waals surface area contributed by atoms with Gasteiger partial charge in [-0.3, -0.25) is 4.79 Å². The molecule has 0 amide bonds. The fraction of sp³-hybridized carbons (Fsp3) is 0.889. The van der Waals surface area contributed by atoms with Crippen molar-refractivity contribution in [3.63, 3.8) is 0 Å². The predicted octanol–water partition coefficient (Wildman–Crippen LogP) is 5.08. The second-order valence-corrected chi connectivity index (χ2v) is 14.3. The molecule has 0 spiro atoms. The van der Waals surface area contributed by atoms with Crippen molar-refractivity contribution in [3.05, 3.63) is 0 Å². The van der Waals surface area contributed by atoms with E-state index in [0.717, 1.165) is 37.5 Å². The highest BCUT2D eigenvalue weighted by atomic mass is 32.2. The van der Waals surface area contributed by atoms with E-state index in [-0.39, 0.29) is 17.8 Å². The van der Waals surface area contributed by atoms with Crippen molar-refractivity contribution >= 4 is 30.0 Å². The number of halogens is 2. The Labute approximate surface area is 230 Å². The van der Waals surface area contributed by atoms with Crippen LogP contribution in [0.2, 0.25) is 0 Å². The maximum absolute atomic E-state index is 14.1. The van der Waals surface area contributed by atoms with Gasteiger partial charge in [-0.2, -0.15) is 8.78 Å². The van der Waals surface area contributed by atoms with Crippen LogP contribution in [0.5, 0.6) is 0 Å². The van der Waals surface area contributed by atoms with E-state index in [2.05, 4.69) is 9.37 Å². The SMILES string of the molecule is CC1(OC(=O)COC(=O)C23CC4CC(C2)C(C)(OC(=O)C(F)(F)SOOO)C(C4)C3)C2CC3CC(C2)CC1C3. The van der Waals surface area contributed by atoms with Crippen molar-refractivity contribution in [2.45, 2.75) is 94.5 Å². The molecule has 9 nitrogen and oxygen atoms in total. The Morgan fingerprint density at radius 3 is 1.92 bits per heavy atom. The van der Waals surface area contributed by atoms with Gasteiger partial charge in [0.1, 0.15) is 23.2 Å². The first kappa shape index (κ1) is 27.7. The summed E-state index contributed by atoms with van der Waals surface area (Å²) in [6, 6.07) is 0.